The zero-order chi connectivity index (χ0) is 15.1. The maximum absolute atomic E-state index is 11.9. The van der Waals surface area contributed by atoms with Gasteiger partial charge in [-0.15, -0.1) is 0 Å². The van der Waals surface area contributed by atoms with Crippen molar-refractivity contribution in [1.82, 2.24) is 15.1 Å². The Hall–Kier alpha value is -2.18. The Morgan fingerprint density at radius 3 is 2.65 bits per heavy atom. The Balaban J connectivity index is 2.88. The molecule has 7 nitrogen and oxygen atoms in total. The van der Waals surface area contributed by atoms with Crippen molar-refractivity contribution in [2.45, 2.75) is 45.7 Å². The van der Waals surface area contributed by atoms with Crippen LogP contribution in [0.25, 0.3) is 0 Å². The lowest BCUT2D eigenvalue weighted by Crippen LogP contribution is -2.41. The second kappa shape index (κ2) is 7.42. The quantitative estimate of drug-likeness (QED) is 0.763. The molecular weight excluding hydrogens is 262 g/mol. The molecule has 1 amide bonds. The van der Waals surface area contributed by atoms with E-state index in [1.165, 1.54) is 16.8 Å². The van der Waals surface area contributed by atoms with Gasteiger partial charge in [-0.25, -0.2) is 9.48 Å². The number of hydrogen-bond acceptors (Lipinski definition) is 4. The number of rotatable bonds is 7. The monoisotopic (exact) mass is 281 g/mol. The van der Waals surface area contributed by atoms with Gasteiger partial charge in [-0.3, -0.25) is 9.59 Å². The van der Waals surface area contributed by atoms with Crippen LogP contribution in [0.2, 0.25) is 0 Å². The van der Waals surface area contributed by atoms with Gasteiger partial charge >= 0.3 is 5.97 Å². The highest BCUT2D eigenvalue weighted by molar-refractivity contribution is 5.94. The van der Waals surface area contributed by atoms with Gasteiger partial charge in [0.05, 0.1) is 0 Å². The minimum Gasteiger partial charge on any atom is -0.480 e. The number of carbonyl (C=O) groups excluding carboxylic acids is 1. The third-order valence-corrected chi connectivity index (χ3v) is 2.83. The number of aromatic nitrogens is 2. The molecule has 0 bridgehead atoms. The highest BCUT2D eigenvalue weighted by Crippen LogP contribution is 1.97. The van der Waals surface area contributed by atoms with E-state index in [-0.39, 0.29) is 17.7 Å². The number of nitrogens with zero attached hydrogens (tertiary/aromatic N) is 2. The molecule has 0 aliphatic carbocycles. The average Bonchev–Trinajstić information content (AvgIpc) is 2.43. The van der Waals surface area contributed by atoms with Gasteiger partial charge in [0.25, 0.3) is 11.5 Å². The van der Waals surface area contributed by atoms with E-state index in [2.05, 4.69) is 10.4 Å². The van der Waals surface area contributed by atoms with Crippen LogP contribution in [0.4, 0.5) is 0 Å². The fourth-order valence-electron chi connectivity index (χ4n) is 1.61. The number of carboxylic acids is 1. The van der Waals surface area contributed by atoms with E-state index >= 15 is 0 Å². The molecular formula is C13H19N3O4. The summed E-state index contributed by atoms with van der Waals surface area (Å²) in [5, 5.41) is 15.2. The molecule has 1 rings (SSSR count). The van der Waals surface area contributed by atoms with Crippen molar-refractivity contribution in [3.05, 3.63) is 28.2 Å². The van der Waals surface area contributed by atoms with E-state index in [0.29, 0.717) is 6.54 Å². The molecule has 0 spiro atoms. The highest BCUT2D eigenvalue weighted by Gasteiger charge is 2.19. The van der Waals surface area contributed by atoms with Crippen molar-refractivity contribution < 1.29 is 14.7 Å². The smallest absolute Gasteiger partial charge is 0.326 e. The van der Waals surface area contributed by atoms with Crippen LogP contribution in [0, 0.1) is 0 Å². The normalized spacial score (nSPS) is 11.9. The van der Waals surface area contributed by atoms with E-state index < -0.39 is 17.9 Å². The third-order valence-electron chi connectivity index (χ3n) is 2.83. The molecule has 0 fully saturated rings. The summed E-state index contributed by atoms with van der Waals surface area (Å²) in [6.07, 6.45) is 1.96. The highest BCUT2D eigenvalue weighted by atomic mass is 16.4. The number of aryl methyl sites for hydroxylation is 1. The third kappa shape index (κ3) is 4.18. The van der Waals surface area contributed by atoms with Gasteiger partial charge in [0.2, 0.25) is 0 Å². The summed E-state index contributed by atoms with van der Waals surface area (Å²) in [5.41, 5.74) is -0.235. The van der Waals surface area contributed by atoms with Gasteiger partial charge in [0.1, 0.15) is 11.7 Å². The van der Waals surface area contributed by atoms with Crippen LogP contribution in [0.1, 0.15) is 43.6 Å². The van der Waals surface area contributed by atoms with Crippen LogP contribution >= 0.6 is 0 Å². The number of carboxylic acid groups (broad SMARTS) is 1. The molecule has 1 heterocycles. The van der Waals surface area contributed by atoms with Crippen molar-refractivity contribution in [1.29, 1.82) is 0 Å². The van der Waals surface area contributed by atoms with Gasteiger partial charge in [-0.05, 0) is 18.9 Å². The minimum absolute atomic E-state index is 0.0420. The summed E-state index contributed by atoms with van der Waals surface area (Å²) in [7, 11) is 0. The second-order valence-electron chi connectivity index (χ2n) is 4.41. The first kappa shape index (κ1) is 15.9. The molecule has 20 heavy (non-hydrogen) atoms. The zero-order valence-corrected chi connectivity index (χ0v) is 11.6. The first-order valence-electron chi connectivity index (χ1n) is 6.61. The van der Waals surface area contributed by atoms with Crippen LogP contribution in [0.15, 0.2) is 16.9 Å². The predicted molar refractivity (Wildman–Crippen MR) is 72.6 cm³/mol. The lowest BCUT2D eigenvalue weighted by molar-refractivity contribution is -0.139. The molecule has 0 aromatic carbocycles. The molecule has 7 heteroatoms. The largest absolute Gasteiger partial charge is 0.480 e. The van der Waals surface area contributed by atoms with Gasteiger partial charge in [0, 0.05) is 12.6 Å². The number of aliphatic carboxylic acids is 1. The molecule has 1 aromatic heterocycles. The first-order chi connectivity index (χ1) is 9.49. The number of nitrogens with one attached hydrogen (secondary N) is 1. The Morgan fingerprint density at radius 2 is 2.10 bits per heavy atom. The molecule has 0 unspecified atom stereocenters. The fraction of sp³-hybridized carbons (Fsp3) is 0.538. The second-order valence-corrected chi connectivity index (χ2v) is 4.41. The van der Waals surface area contributed by atoms with Crippen molar-refractivity contribution in [2.24, 2.45) is 0 Å². The molecule has 0 aliphatic rings. The lowest BCUT2D eigenvalue weighted by Gasteiger charge is -2.12. The number of carbonyl (C=O) groups is 2. The Bertz CT molecular complexity index is 539. The summed E-state index contributed by atoms with van der Waals surface area (Å²) in [5.74, 6) is -1.69. The summed E-state index contributed by atoms with van der Waals surface area (Å²) in [6, 6.07) is 1.61. The Labute approximate surface area is 116 Å². The maximum Gasteiger partial charge on any atom is 0.326 e. The number of amides is 1. The fourth-order valence-corrected chi connectivity index (χ4v) is 1.61. The van der Waals surface area contributed by atoms with Crippen molar-refractivity contribution in [2.75, 3.05) is 0 Å². The summed E-state index contributed by atoms with van der Waals surface area (Å²) < 4.78 is 1.22. The zero-order valence-electron chi connectivity index (χ0n) is 11.6. The van der Waals surface area contributed by atoms with Gasteiger partial charge in [-0.2, -0.15) is 5.10 Å². The van der Waals surface area contributed by atoms with Crippen LogP contribution in [-0.2, 0) is 11.3 Å². The molecule has 0 saturated carbocycles. The molecule has 2 N–H and O–H groups in total. The Morgan fingerprint density at radius 1 is 1.40 bits per heavy atom. The number of hydrogen-bond donors (Lipinski definition) is 2. The maximum atomic E-state index is 11.9. The van der Waals surface area contributed by atoms with Gasteiger partial charge < -0.3 is 10.4 Å². The van der Waals surface area contributed by atoms with E-state index in [9.17, 15) is 14.4 Å². The number of unbranched alkanes of at least 4 members (excludes halogenated alkanes) is 1. The predicted octanol–water partition coefficient (Wildman–Crippen LogP) is 0.636. The van der Waals surface area contributed by atoms with E-state index in [0.717, 1.165) is 12.8 Å². The standard InChI is InChI=1S/C13H19N3O4/c1-3-5-8-16-11(17)7-6-10(15-16)12(18)14-9(4-2)13(19)20/h6-7,9H,3-5,8H2,1-2H3,(H,14,18)(H,19,20)/t9-/m0/s1. The van der Waals surface area contributed by atoms with Gasteiger partial charge in [-0.1, -0.05) is 20.3 Å². The average molecular weight is 281 g/mol. The molecule has 110 valence electrons. The Kier molecular flexibility index (Phi) is 5.89. The van der Waals surface area contributed by atoms with Gasteiger partial charge in [0.15, 0.2) is 0 Å². The van der Waals surface area contributed by atoms with Crippen LogP contribution in [0.3, 0.4) is 0 Å². The summed E-state index contributed by atoms with van der Waals surface area (Å²) in [6.45, 7) is 4.08. The van der Waals surface area contributed by atoms with E-state index in [4.69, 9.17) is 5.11 Å². The van der Waals surface area contributed by atoms with Crippen molar-refractivity contribution >= 4 is 11.9 Å². The van der Waals surface area contributed by atoms with Crippen molar-refractivity contribution in [3.63, 3.8) is 0 Å². The van der Waals surface area contributed by atoms with E-state index in [1.54, 1.807) is 6.92 Å². The molecule has 0 aliphatic heterocycles. The van der Waals surface area contributed by atoms with Crippen LogP contribution in [0.5, 0.6) is 0 Å². The summed E-state index contributed by atoms with van der Waals surface area (Å²) >= 11 is 0. The molecule has 1 atom stereocenters. The molecule has 0 saturated heterocycles. The first-order valence-corrected chi connectivity index (χ1v) is 6.61. The lowest BCUT2D eigenvalue weighted by atomic mass is 10.2. The molecule has 1 aromatic rings. The SMILES string of the molecule is CCCCn1nc(C(=O)N[C@@H](CC)C(=O)O)ccc1=O. The minimum atomic E-state index is -1.10. The van der Waals surface area contributed by atoms with E-state index in [1.807, 2.05) is 6.92 Å². The topological polar surface area (TPSA) is 101 Å². The van der Waals surface area contributed by atoms with Crippen molar-refractivity contribution in [3.8, 4) is 0 Å². The summed E-state index contributed by atoms with van der Waals surface area (Å²) in [4.78, 5) is 34.3. The van der Waals surface area contributed by atoms with Crippen LogP contribution < -0.4 is 10.9 Å². The molecule has 0 radical (unpaired) electrons. The van der Waals surface area contributed by atoms with Crippen LogP contribution in [-0.4, -0.2) is 32.8 Å².